The Balaban J connectivity index is 1.49. The topological polar surface area (TPSA) is 33.3 Å². The number of fused-ring (bicyclic) bond motifs is 1. The molecule has 1 saturated carbocycles. The number of hydrogen-bond acceptors (Lipinski definition) is 3. The summed E-state index contributed by atoms with van der Waals surface area (Å²) >= 11 is 0. The summed E-state index contributed by atoms with van der Waals surface area (Å²) in [4.78, 5) is 0. The van der Waals surface area contributed by atoms with Crippen molar-refractivity contribution in [3.05, 3.63) is 23.8 Å². The fourth-order valence-corrected chi connectivity index (χ4v) is 3.68. The van der Waals surface area contributed by atoms with Crippen LogP contribution in [0.15, 0.2) is 18.2 Å². The number of rotatable bonds is 4. The highest BCUT2D eigenvalue weighted by Gasteiger charge is 2.26. The summed E-state index contributed by atoms with van der Waals surface area (Å²) in [7, 11) is 0. The van der Waals surface area contributed by atoms with Crippen molar-refractivity contribution < 1.29 is 4.74 Å². The summed E-state index contributed by atoms with van der Waals surface area (Å²) in [6.45, 7) is 6.19. The van der Waals surface area contributed by atoms with Gasteiger partial charge in [0.25, 0.3) is 0 Å². The molecule has 1 aromatic carbocycles. The third kappa shape index (κ3) is 4.87. The van der Waals surface area contributed by atoms with E-state index in [-0.39, 0.29) is 5.60 Å². The fourth-order valence-electron chi connectivity index (χ4n) is 3.68. The molecule has 3 heteroatoms. The van der Waals surface area contributed by atoms with E-state index in [4.69, 9.17) is 4.74 Å². The molecule has 0 saturated heterocycles. The highest BCUT2D eigenvalue weighted by Crippen LogP contribution is 2.33. The summed E-state index contributed by atoms with van der Waals surface area (Å²) in [5.74, 6) is 0.984. The average molecular weight is 316 g/mol. The van der Waals surface area contributed by atoms with Gasteiger partial charge in [-0.2, -0.15) is 0 Å². The lowest BCUT2D eigenvalue weighted by Crippen LogP contribution is -2.40. The highest BCUT2D eigenvalue weighted by molar-refractivity contribution is 5.60. The summed E-state index contributed by atoms with van der Waals surface area (Å²) in [6, 6.07) is 7.32. The molecule has 3 nitrogen and oxygen atoms in total. The molecule has 2 N–H and O–H groups in total. The first-order valence-corrected chi connectivity index (χ1v) is 9.42. The molecule has 0 aromatic heterocycles. The van der Waals surface area contributed by atoms with Gasteiger partial charge in [-0.3, -0.25) is 0 Å². The van der Waals surface area contributed by atoms with E-state index in [1.807, 2.05) is 0 Å². The molecule has 0 amide bonds. The molecule has 1 aliphatic heterocycles. The van der Waals surface area contributed by atoms with Crippen molar-refractivity contribution in [1.82, 2.24) is 5.32 Å². The molecule has 1 aliphatic carbocycles. The van der Waals surface area contributed by atoms with Crippen molar-refractivity contribution >= 4 is 5.69 Å². The van der Waals surface area contributed by atoms with Gasteiger partial charge >= 0.3 is 0 Å². The predicted octanol–water partition coefficient (Wildman–Crippen LogP) is 4.51. The molecular weight excluding hydrogens is 284 g/mol. The zero-order valence-corrected chi connectivity index (χ0v) is 14.8. The second kappa shape index (κ2) is 7.57. The quantitative estimate of drug-likeness (QED) is 0.857. The molecule has 2 aliphatic rings. The van der Waals surface area contributed by atoms with E-state index in [2.05, 4.69) is 42.7 Å². The first-order valence-electron chi connectivity index (χ1n) is 9.42. The van der Waals surface area contributed by atoms with E-state index in [9.17, 15) is 0 Å². The van der Waals surface area contributed by atoms with Crippen LogP contribution in [0.1, 0.15) is 64.4 Å². The zero-order valence-electron chi connectivity index (χ0n) is 14.8. The van der Waals surface area contributed by atoms with Crippen molar-refractivity contribution in [3.63, 3.8) is 0 Å². The average Bonchev–Trinajstić information content (AvgIpc) is 2.48. The molecule has 0 bridgehead atoms. The van der Waals surface area contributed by atoms with Gasteiger partial charge in [0.05, 0.1) is 12.2 Å². The molecule has 0 spiro atoms. The lowest BCUT2D eigenvalue weighted by molar-refractivity contribution is 0.116. The van der Waals surface area contributed by atoms with Gasteiger partial charge in [-0.05, 0) is 57.4 Å². The van der Waals surface area contributed by atoms with Crippen LogP contribution in [0.3, 0.4) is 0 Å². The first-order chi connectivity index (χ1) is 11.1. The number of anilines is 1. The van der Waals surface area contributed by atoms with Crippen molar-refractivity contribution in [2.75, 3.05) is 18.4 Å². The third-order valence-corrected chi connectivity index (χ3v) is 5.09. The fraction of sp³-hybridized carbons (Fsp3) is 0.700. The third-order valence-electron chi connectivity index (χ3n) is 5.09. The van der Waals surface area contributed by atoms with Crippen LogP contribution in [0.5, 0.6) is 5.75 Å². The Kier molecular flexibility index (Phi) is 5.47. The van der Waals surface area contributed by atoms with E-state index in [1.54, 1.807) is 0 Å². The van der Waals surface area contributed by atoms with Gasteiger partial charge in [0.15, 0.2) is 0 Å². The molecule has 1 heterocycles. The Morgan fingerprint density at radius 1 is 1.13 bits per heavy atom. The van der Waals surface area contributed by atoms with Gasteiger partial charge < -0.3 is 15.4 Å². The maximum Gasteiger partial charge on any atom is 0.143 e. The molecule has 23 heavy (non-hydrogen) atoms. The van der Waals surface area contributed by atoms with Crippen molar-refractivity contribution in [1.29, 1.82) is 0 Å². The van der Waals surface area contributed by atoms with E-state index < -0.39 is 0 Å². The van der Waals surface area contributed by atoms with Crippen molar-refractivity contribution in [2.45, 2.75) is 76.9 Å². The van der Waals surface area contributed by atoms with E-state index in [0.717, 1.165) is 37.0 Å². The molecule has 3 rings (SSSR count). The molecular formula is C20H32N2O. The van der Waals surface area contributed by atoms with Crippen LogP contribution in [-0.4, -0.2) is 24.7 Å². The van der Waals surface area contributed by atoms with Crippen molar-refractivity contribution in [2.24, 2.45) is 0 Å². The maximum atomic E-state index is 6.02. The minimum atomic E-state index is -0.117. The summed E-state index contributed by atoms with van der Waals surface area (Å²) in [5, 5.41) is 7.28. The number of ether oxygens (including phenoxy) is 1. The summed E-state index contributed by atoms with van der Waals surface area (Å²) < 4.78 is 6.02. The molecule has 1 aromatic rings. The standard InChI is InChI=1S/C20H32N2O/c1-20(2)15-22-18-14-16(10-11-19(18)23-20)12-13-21-17-8-6-4-3-5-7-9-17/h10-11,14,17,21-22H,3-9,12-13,15H2,1-2H3. The molecule has 0 radical (unpaired) electrons. The SMILES string of the molecule is CC1(C)CNc2cc(CCNC3CCCCCCC3)ccc2O1. The van der Waals surface area contributed by atoms with Gasteiger partial charge in [-0.25, -0.2) is 0 Å². The van der Waals surface area contributed by atoms with Gasteiger partial charge in [-0.1, -0.05) is 38.2 Å². The van der Waals surface area contributed by atoms with Crippen LogP contribution in [0, 0.1) is 0 Å². The number of nitrogens with one attached hydrogen (secondary N) is 2. The predicted molar refractivity (Wildman–Crippen MR) is 97.5 cm³/mol. The van der Waals surface area contributed by atoms with E-state index in [1.165, 1.54) is 50.5 Å². The minimum Gasteiger partial charge on any atom is -0.484 e. The maximum absolute atomic E-state index is 6.02. The monoisotopic (exact) mass is 316 g/mol. The molecule has 0 atom stereocenters. The van der Waals surface area contributed by atoms with Gasteiger partial charge in [-0.15, -0.1) is 0 Å². The number of hydrogen-bond donors (Lipinski definition) is 2. The first kappa shape index (κ1) is 16.6. The zero-order chi connectivity index (χ0) is 16.1. The Labute approximate surface area is 141 Å². The van der Waals surface area contributed by atoms with Crippen LogP contribution < -0.4 is 15.4 Å². The van der Waals surface area contributed by atoms with Crippen LogP contribution in [0.25, 0.3) is 0 Å². The Hall–Kier alpha value is -1.22. The Bertz CT molecular complexity index is 504. The normalized spacial score (nSPS) is 21.5. The Morgan fingerprint density at radius 3 is 2.65 bits per heavy atom. The van der Waals surface area contributed by atoms with E-state index >= 15 is 0 Å². The summed E-state index contributed by atoms with van der Waals surface area (Å²) in [5.41, 5.74) is 2.42. The van der Waals surface area contributed by atoms with Crippen LogP contribution in [0.2, 0.25) is 0 Å². The molecule has 128 valence electrons. The largest absolute Gasteiger partial charge is 0.484 e. The smallest absolute Gasteiger partial charge is 0.143 e. The van der Waals surface area contributed by atoms with Crippen LogP contribution in [0.4, 0.5) is 5.69 Å². The van der Waals surface area contributed by atoms with Crippen molar-refractivity contribution in [3.8, 4) is 5.75 Å². The lowest BCUT2D eigenvalue weighted by Gasteiger charge is -2.33. The second-order valence-corrected chi connectivity index (χ2v) is 7.79. The summed E-state index contributed by atoms with van der Waals surface area (Å²) in [6.07, 6.45) is 10.9. The van der Waals surface area contributed by atoms with Crippen LogP contribution >= 0.6 is 0 Å². The van der Waals surface area contributed by atoms with Gasteiger partial charge in [0.1, 0.15) is 11.4 Å². The van der Waals surface area contributed by atoms with Gasteiger partial charge in [0, 0.05) is 6.04 Å². The lowest BCUT2D eigenvalue weighted by atomic mass is 9.96. The van der Waals surface area contributed by atoms with Gasteiger partial charge in [0.2, 0.25) is 0 Å². The Morgan fingerprint density at radius 2 is 1.87 bits per heavy atom. The second-order valence-electron chi connectivity index (χ2n) is 7.79. The van der Waals surface area contributed by atoms with E-state index in [0.29, 0.717) is 0 Å². The minimum absolute atomic E-state index is 0.117. The highest BCUT2D eigenvalue weighted by atomic mass is 16.5. The number of benzene rings is 1. The van der Waals surface area contributed by atoms with Crippen LogP contribution in [-0.2, 0) is 6.42 Å². The molecule has 0 unspecified atom stereocenters. The molecule has 1 fully saturated rings.